The molecule has 1 rings (SSSR count). The Kier molecular flexibility index (Phi) is 5.02. The molecule has 0 aliphatic carbocycles. The van der Waals surface area contributed by atoms with E-state index in [-0.39, 0.29) is 12.3 Å². The number of benzene rings is 1. The van der Waals surface area contributed by atoms with Crippen LogP contribution in [0, 0.1) is 12.3 Å². The minimum Gasteiger partial charge on any atom is -0.376 e. The van der Waals surface area contributed by atoms with Gasteiger partial charge in [0.1, 0.15) is 0 Å². The Hall–Kier alpha value is -1.70. The van der Waals surface area contributed by atoms with Crippen LogP contribution in [-0.2, 0) is 4.79 Å². The topological polar surface area (TPSA) is 58.4 Å². The molecular weight excluding hydrogens is 250 g/mol. The Labute approximate surface area is 112 Å². The summed E-state index contributed by atoms with van der Waals surface area (Å²) in [5.41, 5.74) is 7.07. The molecule has 4 nitrogen and oxygen atoms in total. The second-order valence-corrected chi connectivity index (χ2v) is 4.47. The number of nitrogens with one attached hydrogen (secondary N) is 1. The van der Waals surface area contributed by atoms with Crippen LogP contribution in [0.4, 0.5) is 11.4 Å². The summed E-state index contributed by atoms with van der Waals surface area (Å²) in [6.45, 7) is 0. The van der Waals surface area contributed by atoms with Crippen molar-refractivity contribution in [3.05, 3.63) is 23.2 Å². The fourth-order valence-corrected chi connectivity index (χ4v) is 1.75. The molecule has 5 heteroatoms. The number of halogens is 1. The molecule has 18 heavy (non-hydrogen) atoms. The van der Waals surface area contributed by atoms with Crippen LogP contribution < -0.4 is 16.0 Å². The van der Waals surface area contributed by atoms with Crippen LogP contribution in [0.3, 0.4) is 0 Å². The highest BCUT2D eigenvalue weighted by Crippen LogP contribution is 2.27. The Morgan fingerprint density at radius 1 is 1.61 bits per heavy atom. The largest absolute Gasteiger partial charge is 0.376 e. The minimum atomic E-state index is -0.706. The molecule has 0 spiro atoms. The molecule has 0 saturated heterocycles. The lowest BCUT2D eigenvalue weighted by Crippen LogP contribution is -2.35. The first-order valence-electron chi connectivity index (χ1n) is 5.42. The van der Waals surface area contributed by atoms with Gasteiger partial charge in [-0.2, -0.15) is 0 Å². The van der Waals surface area contributed by atoms with Crippen molar-refractivity contribution in [2.75, 3.05) is 24.3 Å². The van der Waals surface area contributed by atoms with Gasteiger partial charge in [-0.25, -0.2) is 0 Å². The molecule has 96 valence electrons. The van der Waals surface area contributed by atoms with Crippen molar-refractivity contribution in [2.24, 2.45) is 5.73 Å². The van der Waals surface area contributed by atoms with E-state index in [0.717, 1.165) is 5.69 Å². The first-order valence-corrected chi connectivity index (χ1v) is 5.80. The molecule has 1 aromatic rings. The third-order valence-electron chi connectivity index (χ3n) is 2.37. The standard InChI is InChI=1S/C13H16ClN3O/c1-4-5-11(15)13(18)16-9-6-7-12(17(2)3)10(14)8-9/h1,6-8,11H,5,15H2,2-3H3,(H,16,18). The molecule has 0 heterocycles. The van der Waals surface area contributed by atoms with Gasteiger partial charge in [-0.1, -0.05) is 11.6 Å². The number of carbonyl (C=O) groups excluding carboxylic acids is 1. The van der Waals surface area contributed by atoms with Crippen molar-refractivity contribution in [1.82, 2.24) is 0 Å². The van der Waals surface area contributed by atoms with Crippen molar-refractivity contribution < 1.29 is 4.79 Å². The highest BCUT2D eigenvalue weighted by Gasteiger charge is 2.13. The van der Waals surface area contributed by atoms with E-state index >= 15 is 0 Å². The molecule has 1 atom stereocenters. The summed E-state index contributed by atoms with van der Waals surface area (Å²) < 4.78 is 0. The summed E-state index contributed by atoms with van der Waals surface area (Å²) in [5.74, 6) is 2.03. The average molecular weight is 266 g/mol. The second kappa shape index (κ2) is 6.29. The predicted molar refractivity (Wildman–Crippen MR) is 75.8 cm³/mol. The van der Waals surface area contributed by atoms with E-state index in [1.807, 2.05) is 25.1 Å². The second-order valence-electron chi connectivity index (χ2n) is 4.06. The molecular formula is C13H16ClN3O. The van der Waals surface area contributed by atoms with Gasteiger partial charge in [0.25, 0.3) is 0 Å². The maximum Gasteiger partial charge on any atom is 0.242 e. The summed E-state index contributed by atoms with van der Waals surface area (Å²) in [4.78, 5) is 13.5. The Morgan fingerprint density at radius 2 is 2.28 bits per heavy atom. The summed E-state index contributed by atoms with van der Waals surface area (Å²) in [6, 6.07) is 4.56. The zero-order chi connectivity index (χ0) is 13.7. The van der Waals surface area contributed by atoms with Crippen LogP contribution in [0.2, 0.25) is 5.02 Å². The molecule has 0 radical (unpaired) electrons. The van der Waals surface area contributed by atoms with Crippen LogP contribution in [0.1, 0.15) is 6.42 Å². The first-order chi connectivity index (χ1) is 8.45. The summed E-state index contributed by atoms with van der Waals surface area (Å²) in [7, 11) is 3.78. The Bertz CT molecular complexity index is 480. The van der Waals surface area contributed by atoms with Crippen LogP contribution in [-0.4, -0.2) is 26.0 Å². The third kappa shape index (κ3) is 3.66. The zero-order valence-corrected chi connectivity index (χ0v) is 11.2. The molecule has 0 aromatic heterocycles. The summed E-state index contributed by atoms with van der Waals surface area (Å²) in [6.07, 6.45) is 5.30. The van der Waals surface area contributed by atoms with Gasteiger partial charge < -0.3 is 16.0 Å². The Balaban J connectivity index is 2.78. The maximum atomic E-state index is 11.6. The molecule has 3 N–H and O–H groups in total. The van der Waals surface area contributed by atoms with Gasteiger partial charge in [0, 0.05) is 26.2 Å². The zero-order valence-electron chi connectivity index (χ0n) is 10.4. The first kappa shape index (κ1) is 14.4. The number of hydrogen-bond acceptors (Lipinski definition) is 3. The van der Waals surface area contributed by atoms with E-state index in [4.69, 9.17) is 23.8 Å². The van der Waals surface area contributed by atoms with Crippen LogP contribution in [0.25, 0.3) is 0 Å². The fourth-order valence-electron chi connectivity index (χ4n) is 1.40. The van der Waals surface area contributed by atoms with Gasteiger partial charge in [-0.05, 0) is 18.2 Å². The molecule has 0 saturated carbocycles. The van der Waals surface area contributed by atoms with Crippen molar-refractivity contribution in [2.45, 2.75) is 12.5 Å². The quantitative estimate of drug-likeness (QED) is 0.815. The van der Waals surface area contributed by atoms with Gasteiger partial charge in [0.2, 0.25) is 5.91 Å². The maximum absolute atomic E-state index is 11.6. The lowest BCUT2D eigenvalue weighted by molar-refractivity contribution is -0.117. The van der Waals surface area contributed by atoms with Gasteiger partial charge in [-0.15, -0.1) is 12.3 Å². The van der Waals surface area contributed by atoms with Crippen molar-refractivity contribution in [3.63, 3.8) is 0 Å². The summed E-state index contributed by atoms with van der Waals surface area (Å²) in [5, 5.41) is 3.23. The average Bonchev–Trinajstić information content (AvgIpc) is 2.28. The highest BCUT2D eigenvalue weighted by atomic mass is 35.5. The monoisotopic (exact) mass is 265 g/mol. The number of nitrogens with two attached hydrogens (primary N) is 1. The van der Waals surface area contributed by atoms with Gasteiger partial charge in [0.05, 0.1) is 16.8 Å². The highest BCUT2D eigenvalue weighted by molar-refractivity contribution is 6.33. The molecule has 0 aliphatic rings. The Morgan fingerprint density at radius 3 is 2.78 bits per heavy atom. The lowest BCUT2D eigenvalue weighted by Gasteiger charge is -2.16. The lowest BCUT2D eigenvalue weighted by atomic mass is 10.2. The van der Waals surface area contributed by atoms with Crippen molar-refractivity contribution >= 4 is 28.9 Å². The number of anilines is 2. The van der Waals surface area contributed by atoms with Crippen LogP contribution in [0.15, 0.2) is 18.2 Å². The number of hydrogen-bond donors (Lipinski definition) is 2. The predicted octanol–water partition coefficient (Wildman–Crippen LogP) is 1.70. The van der Waals surface area contributed by atoms with E-state index in [9.17, 15) is 4.79 Å². The normalized spacial score (nSPS) is 11.5. The van der Waals surface area contributed by atoms with E-state index in [0.29, 0.717) is 10.7 Å². The van der Waals surface area contributed by atoms with Gasteiger partial charge in [0.15, 0.2) is 0 Å². The number of rotatable bonds is 4. The molecule has 1 unspecified atom stereocenters. The molecule has 1 amide bonds. The van der Waals surface area contributed by atoms with E-state index in [2.05, 4.69) is 11.2 Å². The van der Waals surface area contributed by atoms with E-state index < -0.39 is 6.04 Å². The number of nitrogens with zero attached hydrogens (tertiary/aromatic N) is 1. The van der Waals surface area contributed by atoms with Crippen molar-refractivity contribution in [3.8, 4) is 12.3 Å². The van der Waals surface area contributed by atoms with E-state index in [1.165, 1.54) is 0 Å². The molecule has 1 aromatic carbocycles. The van der Waals surface area contributed by atoms with Crippen LogP contribution in [0.5, 0.6) is 0 Å². The fraction of sp³-hybridized carbons (Fsp3) is 0.308. The van der Waals surface area contributed by atoms with Crippen molar-refractivity contribution in [1.29, 1.82) is 0 Å². The molecule has 0 aliphatic heterocycles. The number of amides is 1. The number of carbonyl (C=O) groups is 1. The third-order valence-corrected chi connectivity index (χ3v) is 2.67. The van der Waals surface area contributed by atoms with Crippen LogP contribution >= 0.6 is 11.6 Å². The smallest absolute Gasteiger partial charge is 0.242 e. The summed E-state index contributed by atoms with van der Waals surface area (Å²) >= 11 is 6.09. The molecule has 0 bridgehead atoms. The van der Waals surface area contributed by atoms with Gasteiger partial charge in [-0.3, -0.25) is 4.79 Å². The minimum absolute atomic E-state index is 0.204. The SMILES string of the molecule is C#CCC(N)C(=O)Nc1ccc(N(C)C)c(Cl)c1. The van der Waals surface area contributed by atoms with Gasteiger partial charge >= 0.3 is 0 Å². The number of terminal acetylenes is 1. The van der Waals surface area contributed by atoms with E-state index in [1.54, 1.807) is 12.1 Å². The molecule has 0 fully saturated rings.